The number of carbonyl (C=O) groups is 1. The minimum Gasteiger partial charge on any atom is -0.480 e. The van der Waals surface area contributed by atoms with Crippen molar-refractivity contribution in [1.82, 2.24) is 16.4 Å². The molecule has 2 unspecified atom stereocenters. The molecule has 0 amide bonds. The third-order valence-electron chi connectivity index (χ3n) is 2.54. The zero-order chi connectivity index (χ0) is 13.7. The standard InChI is InChI=1S/C13H15N3O3/c1-2-3-4-9-5-7-10(8-6-9)19-12-11(13(17)18)14-16-15-12/h5-8,11-12,14-16H,2H2,1H3,(H,17,18). The van der Waals surface area contributed by atoms with Crippen molar-refractivity contribution in [2.75, 3.05) is 0 Å². The Morgan fingerprint density at radius 2 is 2.11 bits per heavy atom. The van der Waals surface area contributed by atoms with Crippen LogP contribution in [-0.2, 0) is 4.79 Å². The zero-order valence-electron chi connectivity index (χ0n) is 10.4. The van der Waals surface area contributed by atoms with E-state index < -0.39 is 18.2 Å². The number of benzene rings is 1. The first-order valence-electron chi connectivity index (χ1n) is 5.95. The van der Waals surface area contributed by atoms with Crippen LogP contribution in [0.2, 0.25) is 0 Å². The molecule has 100 valence electrons. The van der Waals surface area contributed by atoms with Gasteiger partial charge in [-0.2, -0.15) is 5.53 Å². The van der Waals surface area contributed by atoms with E-state index in [-0.39, 0.29) is 0 Å². The lowest BCUT2D eigenvalue weighted by atomic mass is 10.2. The number of carboxylic acid groups (broad SMARTS) is 1. The van der Waals surface area contributed by atoms with E-state index in [9.17, 15) is 4.79 Å². The van der Waals surface area contributed by atoms with Gasteiger partial charge in [0.25, 0.3) is 0 Å². The Labute approximate surface area is 111 Å². The van der Waals surface area contributed by atoms with Crippen molar-refractivity contribution in [2.45, 2.75) is 25.6 Å². The molecular weight excluding hydrogens is 246 g/mol. The second kappa shape index (κ2) is 6.20. The van der Waals surface area contributed by atoms with Crippen molar-refractivity contribution in [3.63, 3.8) is 0 Å². The molecule has 0 saturated carbocycles. The van der Waals surface area contributed by atoms with Crippen LogP contribution in [0, 0.1) is 11.8 Å². The van der Waals surface area contributed by atoms with Crippen LogP contribution in [0.1, 0.15) is 18.9 Å². The van der Waals surface area contributed by atoms with Gasteiger partial charge < -0.3 is 9.84 Å². The van der Waals surface area contributed by atoms with Crippen LogP contribution in [0.15, 0.2) is 24.3 Å². The monoisotopic (exact) mass is 261 g/mol. The van der Waals surface area contributed by atoms with Gasteiger partial charge in [0.2, 0.25) is 0 Å². The fourth-order valence-electron chi connectivity index (χ4n) is 1.59. The summed E-state index contributed by atoms with van der Waals surface area (Å²) in [4.78, 5) is 10.9. The smallest absolute Gasteiger partial charge is 0.327 e. The maximum Gasteiger partial charge on any atom is 0.327 e. The number of ether oxygens (including phenoxy) is 1. The predicted octanol–water partition coefficient (Wildman–Crippen LogP) is 0.219. The number of hydrogen-bond acceptors (Lipinski definition) is 5. The number of hydrogen-bond donors (Lipinski definition) is 4. The minimum atomic E-state index is -0.993. The average molecular weight is 261 g/mol. The molecule has 6 nitrogen and oxygen atoms in total. The molecule has 4 N–H and O–H groups in total. The van der Waals surface area contributed by atoms with Gasteiger partial charge in [0, 0.05) is 12.0 Å². The van der Waals surface area contributed by atoms with E-state index in [0.717, 1.165) is 12.0 Å². The molecule has 1 saturated heterocycles. The van der Waals surface area contributed by atoms with Crippen LogP contribution in [0.3, 0.4) is 0 Å². The molecule has 19 heavy (non-hydrogen) atoms. The van der Waals surface area contributed by atoms with E-state index in [4.69, 9.17) is 9.84 Å². The first-order valence-corrected chi connectivity index (χ1v) is 5.95. The molecule has 1 heterocycles. The third-order valence-corrected chi connectivity index (χ3v) is 2.54. The highest BCUT2D eigenvalue weighted by atomic mass is 16.5. The van der Waals surface area contributed by atoms with Crippen molar-refractivity contribution in [1.29, 1.82) is 0 Å². The van der Waals surface area contributed by atoms with Gasteiger partial charge in [0.1, 0.15) is 5.75 Å². The first kappa shape index (κ1) is 13.4. The summed E-state index contributed by atoms with van der Waals surface area (Å²) >= 11 is 0. The molecule has 0 bridgehead atoms. The average Bonchev–Trinajstić information content (AvgIpc) is 2.86. The Hall–Kier alpha value is -2.07. The highest BCUT2D eigenvalue weighted by Gasteiger charge is 2.34. The van der Waals surface area contributed by atoms with E-state index in [1.165, 1.54) is 0 Å². The normalized spacial score (nSPS) is 21.5. The minimum absolute atomic E-state index is 0.580. The molecule has 1 aromatic rings. The zero-order valence-corrected chi connectivity index (χ0v) is 10.4. The fourth-order valence-corrected chi connectivity index (χ4v) is 1.59. The summed E-state index contributed by atoms with van der Waals surface area (Å²) in [5, 5.41) is 8.96. The van der Waals surface area contributed by atoms with E-state index in [1.54, 1.807) is 12.1 Å². The molecule has 1 fully saturated rings. The van der Waals surface area contributed by atoms with Gasteiger partial charge in [0.05, 0.1) is 0 Å². The number of nitrogens with one attached hydrogen (secondary N) is 3. The molecule has 0 aliphatic carbocycles. The van der Waals surface area contributed by atoms with Crippen molar-refractivity contribution in [3.8, 4) is 17.6 Å². The van der Waals surface area contributed by atoms with Crippen LogP contribution in [0.5, 0.6) is 5.75 Å². The van der Waals surface area contributed by atoms with Crippen molar-refractivity contribution < 1.29 is 14.6 Å². The summed E-state index contributed by atoms with van der Waals surface area (Å²) < 4.78 is 5.54. The van der Waals surface area contributed by atoms with Crippen LogP contribution in [0.25, 0.3) is 0 Å². The molecule has 0 spiro atoms. The number of rotatable bonds is 3. The van der Waals surface area contributed by atoms with E-state index in [2.05, 4.69) is 28.2 Å². The lowest BCUT2D eigenvalue weighted by Crippen LogP contribution is -2.44. The number of carboxylic acids is 1. The molecular formula is C13H15N3O3. The van der Waals surface area contributed by atoms with E-state index in [1.807, 2.05) is 19.1 Å². The fraction of sp³-hybridized carbons (Fsp3) is 0.308. The maximum absolute atomic E-state index is 10.9. The van der Waals surface area contributed by atoms with Crippen LogP contribution in [-0.4, -0.2) is 23.3 Å². The van der Waals surface area contributed by atoms with Gasteiger partial charge in [-0.3, -0.25) is 4.79 Å². The lowest BCUT2D eigenvalue weighted by molar-refractivity contribution is -0.141. The van der Waals surface area contributed by atoms with Crippen molar-refractivity contribution in [3.05, 3.63) is 29.8 Å². The molecule has 2 rings (SSSR count). The van der Waals surface area contributed by atoms with Gasteiger partial charge in [-0.05, 0) is 24.3 Å². The highest BCUT2D eigenvalue weighted by Crippen LogP contribution is 2.14. The maximum atomic E-state index is 10.9. The summed E-state index contributed by atoms with van der Waals surface area (Å²) in [5.41, 5.74) is 8.69. The van der Waals surface area contributed by atoms with Crippen LogP contribution < -0.4 is 21.1 Å². The van der Waals surface area contributed by atoms with Crippen molar-refractivity contribution >= 4 is 5.97 Å². The topological polar surface area (TPSA) is 82.6 Å². The largest absolute Gasteiger partial charge is 0.480 e. The Morgan fingerprint density at radius 1 is 1.37 bits per heavy atom. The Balaban J connectivity index is 2.01. The second-order valence-electron chi connectivity index (χ2n) is 3.95. The molecule has 6 heteroatoms. The van der Waals surface area contributed by atoms with E-state index in [0.29, 0.717) is 5.75 Å². The first-order chi connectivity index (χ1) is 9.20. The molecule has 1 aliphatic rings. The molecule has 0 aromatic heterocycles. The van der Waals surface area contributed by atoms with Gasteiger partial charge in [-0.25, -0.2) is 10.9 Å². The van der Waals surface area contributed by atoms with Gasteiger partial charge in [0.15, 0.2) is 12.3 Å². The third kappa shape index (κ3) is 3.45. The van der Waals surface area contributed by atoms with Crippen LogP contribution in [0.4, 0.5) is 0 Å². The summed E-state index contributed by atoms with van der Waals surface area (Å²) in [6.07, 6.45) is 0.132. The summed E-state index contributed by atoms with van der Waals surface area (Å²) in [6.45, 7) is 1.99. The Morgan fingerprint density at radius 3 is 2.74 bits per heavy atom. The molecule has 2 atom stereocenters. The van der Waals surface area contributed by atoms with Gasteiger partial charge >= 0.3 is 5.97 Å². The summed E-state index contributed by atoms with van der Waals surface area (Å²) in [5.74, 6) is 5.57. The Kier molecular flexibility index (Phi) is 4.36. The van der Waals surface area contributed by atoms with E-state index >= 15 is 0 Å². The predicted molar refractivity (Wildman–Crippen MR) is 68.9 cm³/mol. The molecule has 0 radical (unpaired) electrons. The van der Waals surface area contributed by atoms with Gasteiger partial charge in [-0.1, -0.05) is 18.8 Å². The number of hydrazine groups is 2. The van der Waals surface area contributed by atoms with Gasteiger partial charge in [-0.15, -0.1) is 0 Å². The van der Waals surface area contributed by atoms with Crippen molar-refractivity contribution in [2.24, 2.45) is 0 Å². The second-order valence-corrected chi connectivity index (χ2v) is 3.95. The van der Waals surface area contributed by atoms with Crippen LogP contribution >= 0.6 is 0 Å². The number of aliphatic carboxylic acids is 1. The molecule has 1 aromatic carbocycles. The lowest BCUT2D eigenvalue weighted by Gasteiger charge is -2.16. The molecule has 1 aliphatic heterocycles. The SMILES string of the molecule is CCC#Cc1ccc(OC2NNNC2C(=O)O)cc1. The quantitative estimate of drug-likeness (QED) is 0.583. The highest BCUT2D eigenvalue weighted by molar-refractivity contribution is 5.74. The Bertz CT molecular complexity index is 504. The summed E-state index contributed by atoms with van der Waals surface area (Å²) in [6, 6.07) is 6.35. The summed E-state index contributed by atoms with van der Waals surface area (Å²) in [7, 11) is 0.